The van der Waals surface area contributed by atoms with E-state index in [-0.39, 0.29) is 40.2 Å². The molecule has 0 heterocycles. The van der Waals surface area contributed by atoms with E-state index >= 15 is 0 Å². The normalized spacial score (nSPS) is 11.4. The van der Waals surface area contributed by atoms with Crippen LogP contribution in [-0.4, -0.2) is 45.2 Å². The average Bonchev–Trinajstić information content (AvgIpc) is 2.69. The third-order valence-corrected chi connectivity index (χ3v) is 5.69. The lowest BCUT2D eigenvalue weighted by atomic mass is 10.1. The lowest BCUT2D eigenvalue weighted by molar-refractivity contribution is -0.384. The molecule has 0 aliphatic rings. The van der Waals surface area contributed by atoms with Crippen LogP contribution in [0.4, 0.5) is 11.4 Å². The van der Waals surface area contributed by atoms with E-state index in [1.807, 2.05) is 6.92 Å². The van der Waals surface area contributed by atoms with Crippen LogP contribution in [0, 0.1) is 24.0 Å². The van der Waals surface area contributed by atoms with Crippen LogP contribution in [0.5, 0.6) is 0 Å². The Hall–Kier alpha value is -2.41. The summed E-state index contributed by atoms with van der Waals surface area (Å²) in [5.74, 6) is 0.645. The van der Waals surface area contributed by atoms with E-state index in [1.54, 1.807) is 0 Å². The largest absolute Gasteiger partial charge is 0.378 e. The standard InChI is InChI=1S/C21H29N5O4S.HI/c1-5-22-21(25-14-17-7-6-15(2)12-16(17)3)24-11-10-23-19-9-8-18(31(4,29)30)13-20(19)26(27)28;/h6-9,12-13,23H,5,10-11,14H2,1-4H3,(H2,22,24,25);1H. The molecular weight excluding hydrogens is 545 g/mol. The number of hydrogen-bond acceptors (Lipinski definition) is 6. The van der Waals surface area contributed by atoms with Crippen LogP contribution in [0.1, 0.15) is 23.6 Å². The van der Waals surface area contributed by atoms with Crippen LogP contribution in [0.3, 0.4) is 0 Å². The minimum absolute atomic E-state index is 0. The number of anilines is 1. The molecule has 0 aliphatic carbocycles. The van der Waals surface area contributed by atoms with E-state index in [1.165, 1.54) is 23.3 Å². The summed E-state index contributed by atoms with van der Waals surface area (Å²) in [6.07, 6.45) is 1.02. The van der Waals surface area contributed by atoms with E-state index in [0.29, 0.717) is 32.1 Å². The predicted octanol–water partition coefficient (Wildman–Crippen LogP) is 3.40. The van der Waals surface area contributed by atoms with Gasteiger partial charge in [-0.1, -0.05) is 23.8 Å². The van der Waals surface area contributed by atoms with Gasteiger partial charge in [-0.2, -0.15) is 0 Å². The molecule has 2 rings (SSSR count). The maximum atomic E-state index is 11.6. The first-order valence-electron chi connectivity index (χ1n) is 9.92. The number of aliphatic imine (C=N–C) groups is 1. The van der Waals surface area contributed by atoms with Gasteiger partial charge in [0.2, 0.25) is 0 Å². The molecule has 176 valence electrons. The van der Waals surface area contributed by atoms with Crippen molar-refractivity contribution < 1.29 is 13.3 Å². The predicted molar refractivity (Wildman–Crippen MR) is 139 cm³/mol. The van der Waals surface area contributed by atoms with Crippen molar-refractivity contribution in [3.8, 4) is 0 Å². The van der Waals surface area contributed by atoms with Gasteiger partial charge in [-0.15, -0.1) is 24.0 Å². The average molecular weight is 575 g/mol. The number of rotatable bonds is 9. The van der Waals surface area contributed by atoms with Gasteiger partial charge in [-0.3, -0.25) is 10.1 Å². The molecule has 0 unspecified atom stereocenters. The first kappa shape index (κ1) is 27.6. The van der Waals surface area contributed by atoms with Gasteiger partial charge in [0.15, 0.2) is 15.8 Å². The van der Waals surface area contributed by atoms with Crippen molar-refractivity contribution in [2.24, 2.45) is 4.99 Å². The second kappa shape index (κ2) is 12.6. The van der Waals surface area contributed by atoms with E-state index in [9.17, 15) is 18.5 Å². The van der Waals surface area contributed by atoms with Crippen LogP contribution in [0.2, 0.25) is 0 Å². The molecule has 0 radical (unpaired) electrons. The molecule has 3 N–H and O–H groups in total. The molecule has 0 atom stereocenters. The lowest BCUT2D eigenvalue weighted by Gasteiger charge is -2.13. The molecule has 11 heteroatoms. The zero-order valence-corrected chi connectivity index (χ0v) is 21.8. The van der Waals surface area contributed by atoms with E-state index < -0.39 is 14.8 Å². The number of nitrogens with one attached hydrogen (secondary N) is 3. The molecule has 0 fully saturated rings. The lowest BCUT2D eigenvalue weighted by Crippen LogP contribution is -2.39. The highest BCUT2D eigenvalue weighted by atomic mass is 127. The van der Waals surface area contributed by atoms with Gasteiger partial charge in [0.25, 0.3) is 5.69 Å². The fraction of sp³-hybridized carbons (Fsp3) is 0.381. The second-order valence-corrected chi connectivity index (χ2v) is 9.20. The van der Waals surface area contributed by atoms with Crippen molar-refractivity contribution in [1.29, 1.82) is 0 Å². The Bertz CT molecular complexity index is 1070. The Morgan fingerprint density at radius 2 is 1.81 bits per heavy atom. The van der Waals surface area contributed by atoms with Gasteiger partial charge >= 0.3 is 0 Å². The van der Waals surface area contributed by atoms with Crippen molar-refractivity contribution >= 4 is 51.1 Å². The monoisotopic (exact) mass is 575 g/mol. The summed E-state index contributed by atoms with van der Waals surface area (Å²) in [4.78, 5) is 15.2. The zero-order chi connectivity index (χ0) is 23.0. The minimum atomic E-state index is -3.52. The number of halogens is 1. The van der Waals surface area contributed by atoms with Crippen LogP contribution in [0.15, 0.2) is 46.3 Å². The number of nitrogens with zero attached hydrogens (tertiary/aromatic N) is 2. The van der Waals surface area contributed by atoms with Crippen molar-refractivity contribution in [2.75, 3.05) is 31.2 Å². The Balaban J connectivity index is 0.00000512. The molecule has 2 aromatic rings. The van der Waals surface area contributed by atoms with Crippen molar-refractivity contribution in [2.45, 2.75) is 32.2 Å². The van der Waals surface area contributed by atoms with Gasteiger partial charge in [-0.25, -0.2) is 13.4 Å². The molecular formula is C21H30IN5O4S. The molecule has 0 saturated heterocycles. The van der Waals surface area contributed by atoms with Gasteiger partial charge < -0.3 is 16.0 Å². The quantitative estimate of drug-likeness (QED) is 0.105. The molecule has 0 aliphatic heterocycles. The summed E-state index contributed by atoms with van der Waals surface area (Å²) in [5.41, 5.74) is 3.52. The van der Waals surface area contributed by atoms with Crippen LogP contribution in [0.25, 0.3) is 0 Å². The molecule has 0 amide bonds. The Morgan fingerprint density at radius 1 is 1.09 bits per heavy atom. The zero-order valence-electron chi connectivity index (χ0n) is 18.6. The first-order chi connectivity index (χ1) is 14.6. The van der Waals surface area contributed by atoms with E-state index in [2.05, 4.69) is 53.0 Å². The topological polar surface area (TPSA) is 126 Å². The molecule has 0 saturated carbocycles. The van der Waals surface area contributed by atoms with Crippen molar-refractivity contribution in [3.05, 3.63) is 63.2 Å². The molecule has 0 spiro atoms. The maximum Gasteiger partial charge on any atom is 0.293 e. The summed E-state index contributed by atoms with van der Waals surface area (Å²) in [5, 5.41) is 20.7. The third-order valence-electron chi connectivity index (χ3n) is 4.58. The first-order valence-corrected chi connectivity index (χ1v) is 11.8. The Labute approximate surface area is 206 Å². The van der Waals surface area contributed by atoms with E-state index in [0.717, 1.165) is 17.9 Å². The summed E-state index contributed by atoms with van der Waals surface area (Å²) in [6.45, 7) is 8.16. The van der Waals surface area contributed by atoms with Crippen LogP contribution < -0.4 is 16.0 Å². The molecule has 0 bridgehead atoms. The fourth-order valence-corrected chi connectivity index (χ4v) is 3.59. The maximum absolute atomic E-state index is 11.6. The molecule has 9 nitrogen and oxygen atoms in total. The second-order valence-electron chi connectivity index (χ2n) is 7.19. The smallest absolute Gasteiger partial charge is 0.293 e. The van der Waals surface area contributed by atoms with Crippen LogP contribution >= 0.6 is 24.0 Å². The third kappa shape index (κ3) is 8.26. The summed E-state index contributed by atoms with van der Waals surface area (Å²) in [6, 6.07) is 10.1. The Morgan fingerprint density at radius 3 is 2.41 bits per heavy atom. The highest BCUT2D eigenvalue weighted by molar-refractivity contribution is 14.0. The fourth-order valence-electron chi connectivity index (χ4n) is 2.95. The number of nitro benzene ring substituents is 1. The van der Waals surface area contributed by atoms with E-state index in [4.69, 9.17) is 0 Å². The number of aryl methyl sites for hydroxylation is 2. The molecule has 32 heavy (non-hydrogen) atoms. The number of hydrogen-bond donors (Lipinski definition) is 3. The summed E-state index contributed by atoms with van der Waals surface area (Å²) >= 11 is 0. The van der Waals surface area contributed by atoms with Crippen molar-refractivity contribution in [1.82, 2.24) is 10.6 Å². The van der Waals surface area contributed by atoms with Crippen molar-refractivity contribution in [3.63, 3.8) is 0 Å². The summed E-state index contributed by atoms with van der Waals surface area (Å²) < 4.78 is 23.3. The highest BCUT2D eigenvalue weighted by Gasteiger charge is 2.18. The van der Waals surface area contributed by atoms with Crippen LogP contribution in [-0.2, 0) is 16.4 Å². The van der Waals surface area contributed by atoms with Gasteiger partial charge in [0.1, 0.15) is 5.69 Å². The summed E-state index contributed by atoms with van der Waals surface area (Å²) in [7, 11) is -3.52. The SMILES string of the molecule is CCNC(=NCc1ccc(C)cc1C)NCCNc1ccc(S(C)(=O)=O)cc1[N+](=O)[O-].I. The number of nitro groups is 1. The Kier molecular flexibility index (Phi) is 10.9. The highest BCUT2D eigenvalue weighted by Crippen LogP contribution is 2.27. The minimum Gasteiger partial charge on any atom is -0.378 e. The molecule has 2 aromatic carbocycles. The van der Waals surface area contributed by atoms with Gasteiger partial charge in [0.05, 0.1) is 16.4 Å². The number of sulfone groups is 1. The van der Waals surface area contributed by atoms with Gasteiger partial charge in [-0.05, 0) is 44.0 Å². The molecule has 0 aromatic heterocycles. The number of benzene rings is 2. The van der Waals surface area contributed by atoms with Gasteiger partial charge in [0, 0.05) is 32.0 Å². The number of guanidine groups is 1.